The van der Waals surface area contributed by atoms with Crippen LogP contribution in [0.2, 0.25) is 0 Å². The van der Waals surface area contributed by atoms with Gasteiger partial charge in [-0.25, -0.2) is 4.79 Å². The number of hydrogen-bond donors (Lipinski definition) is 1. The molecular weight excluding hydrogens is 552 g/mol. The lowest BCUT2D eigenvalue weighted by Crippen LogP contribution is -2.61. The van der Waals surface area contributed by atoms with Gasteiger partial charge in [0.05, 0.1) is 36.1 Å². The molecule has 10 atom stereocenters. The van der Waals surface area contributed by atoms with E-state index in [1.54, 1.807) is 12.1 Å². The highest BCUT2D eigenvalue weighted by atomic mass is 79.9. The van der Waals surface area contributed by atoms with E-state index in [9.17, 15) is 9.90 Å². The Morgan fingerprint density at radius 2 is 1.92 bits per heavy atom. The van der Waals surface area contributed by atoms with Crippen LogP contribution in [0.1, 0.15) is 75.6 Å². The van der Waals surface area contributed by atoms with E-state index in [2.05, 4.69) is 36.4 Å². The molecule has 0 radical (unpaired) electrons. The van der Waals surface area contributed by atoms with Crippen LogP contribution in [0.25, 0.3) is 0 Å². The van der Waals surface area contributed by atoms with Gasteiger partial charge in [0.25, 0.3) is 0 Å². The standard InChI is InChI=1S/C30H41BrO7/c1-4-23-26-25-18(2)17-30(37-25,38-27(23)28-24(36-26)11-10-21(34-28)13-15-32)14-12-22(16-19(3)31)35-29(33)20-8-6-5-7-9-20/h5-9,18,21-28,32H,3-4,10-17H2,1-2H3/t18?,21?,22-,23?,24?,25?,26+,27?,28-,30-/m0/s1. The predicted octanol–water partition coefficient (Wildman–Crippen LogP) is 5.53. The molecular formula is C30H41BrO7. The van der Waals surface area contributed by atoms with Crippen LogP contribution in [0.15, 0.2) is 41.4 Å². The first-order chi connectivity index (χ1) is 18.3. The highest BCUT2D eigenvalue weighted by Gasteiger charge is 2.61. The molecule has 0 aliphatic carbocycles. The Labute approximate surface area is 234 Å². The maximum absolute atomic E-state index is 12.8. The molecule has 4 aliphatic rings. The van der Waals surface area contributed by atoms with E-state index >= 15 is 0 Å². The molecule has 7 nitrogen and oxygen atoms in total. The van der Waals surface area contributed by atoms with Gasteiger partial charge >= 0.3 is 5.97 Å². The number of ether oxygens (including phenoxy) is 5. The average Bonchev–Trinajstić information content (AvgIpc) is 3.18. The van der Waals surface area contributed by atoms with Gasteiger partial charge in [-0.1, -0.05) is 54.6 Å². The van der Waals surface area contributed by atoms with Gasteiger partial charge < -0.3 is 28.8 Å². The molecule has 6 unspecified atom stereocenters. The number of rotatable bonds is 10. The van der Waals surface area contributed by atoms with Crippen LogP contribution in [0.5, 0.6) is 0 Å². The molecule has 38 heavy (non-hydrogen) atoms. The van der Waals surface area contributed by atoms with Crippen molar-refractivity contribution in [2.45, 2.75) is 114 Å². The quantitative estimate of drug-likeness (QED) is 0.357. The molecule has 0 amide bonds. The van der Waals surface area contributed by atoms with Crippen LogP contribution in [0.3, 0.4) is 0 Å². The van der Waals surface area contributed by atoms with Gasteiger partial charge in [0.15, 0.2) is 5.79 Å². The van der Waals surface area contributed by atoms with E-state index in [0.29, 0.717) is 31.2 Å². The lowest BCUT2D eigenvalue weighted by molar-refractivity contribution is -0.292. The van der Waals surface area contributed by atoms with E-state index in [4.69, 9.17) is 23.7 Å². The summed E-state index contributed by atoms with van der Waals surface area (Å²) in [5.74, 6) is -0.665. The molecule has 1 N–H and O–H groups in total. The van der Waals surface area contributed by atoms with Crippen LogP contribution in [0.4, 0.5) is 0 Å². The first-order valence-electron chi connectivity index (χ1n) is 14.2. The van der Waals surface area contributed by atoms with Gasteiger partial charge in [-0.2, -0.15) is 0 Å². The van der Waals surface area contributed by atoms with Gasteiger partial charge in [-0.15, -0.1) is 0 Å². The van der Waals surface area contributed by atoms with Gasteiger partial charge in [-0.05, 0) is 54.6 Å². The average molecular weight is 594 g/mol. The summed E-state index contributed by atoms with van der Waals surface area (Å²) in [5, 5.41) is 9.50. The molecule has 0 spiro atoms. The van der Waals surface area contributed by atoms with Crippen molar-refractivity contribution in [3.63, 3.8) is 0 Å². The zero-order valence-corrected chi connectivity index (χ0v) is 24.0. The van der Waals surface area contributed by atoms with Gasteiger partial charge in [0, 0.05) is 31.8 Å². The Hall–Kier alpha value is -1.29. The largest absolute Gasteiger partial charge is 0.458 e. The lowest BCUT2D eigenvalue weighted by Gasteiger charge is -2.51. The number of aliphatic hydroxyl groups is 1. The summed E-state index contributed by atoms with van der Waals surface area (Å²) in [6.07, 6.45) is 5.02. The molecule has 5 rings (SSSR count). The summed E-state index contributed by atoms with van der Waals surface area (Å²) in [4.78, 5) is 12.8. The summed E-state index contributed by atoms with van der Waals surface area (Å²) in [6, 6.07) is 9.06. The second-order valence-electron chi connectivity index (χ2n) is 11.4. The smallest absolute Gasteiger partial charge is 0.338 e. The molecule has 4 bridgehead atoms. The first-order valence-corrected chi connectivity index (χ1v) is 15.0. The van der Waals surface area contributed by atoms with Gasteiger partial charge in [0.2, 0.25) is 0 Å². The molecule has 4 fully saturated rings. The van der Waals surface area contributed by atoms with E-state index in [-0.39, 0.29) is 67.1 Å². The third-order valence-corrected chi connectivity index (χ3v) is 9.03. The SMILES string of the molecule is C=C(Br)C[C@H](CC[C@]12CC(C)C(O1)[C@@H]1OC3CCC(CCO)O[C@@H]3C(O2)C1CC)OC(=O)c1ccccc1. The van der Waals surface area contributed by atoms with Crippen molar-refractivity contribution in [1.29, 1.82) is 0 Å². The third-order valence-electron chi connectivity index (χ3n) is 8.71. The molecule has 4 saturated heterocycles. The van der Waals surface area contributed by atoms with Crippen LogP contribution < -0.4 is 0 Å². The van der Waals surface area contributed by atoms with E-state index in [1.807, 2.05) is 18.2 Å². The fourth-order valence-corrected chi connectivity index (χ4v) is 7.30. The van der Waals surface area contributed by atoms with E-state index < -0.39 is 5.79 Å². The molecule has 210 valence electrons. The maximum Gasteiger partial charge on any atom is 0.338 e. The summed E-state index contributed by atoms with van der Waals surface area (Å²) in [6.45, 7) is 8.51. The fraction of sp³-hybridized carbons (Fsp3) is 0.700. The third kappa shape index (κ3) is 5.91. The topological polar surface area (TPSA) is 83.5 Å². The van der Waals surface area contributed by atoms with Gasteiger partial charge in [-0.3, -0.25) is 0 Å². The van der Waals surface area contributed by atoms with Crippen molar-refractivity contribution < 1.29 is 33.6 Å². The number of benzene rings is 1. The fourth-order valence-electron chi connectivity index (χ4n) is 6.93. The number of esters is 1. The number of carbonyl (C=O) groups is 1. The molecule has 8 heteroatoms. The van der Waals surface area contributed by atoms with Crippen molar-refractivity contribution in [2.24, 2.45) is 11.8 Å². The first kappa shape index (κ1) is 28.2. The van der Waals surface area contributed by atoms with Crippen molar-refractivity contribution >= 4 is 21.9 Å². The zero-order chi connectivity index (χ0) is 26.9. The second-order valence-corrected chi connectivity index (χ2v) is 12.6. The van der Waals surface area contributed by atoms with E-state index in [1.165, 1.54) is 0 Å². The number of aliphatic hydroxyl groups excluding tert-OH is 1. The van der Waals surface area contributed by atoms with Gasteiger partial charge in [0.1, 0.15) is 12.2 Å². The van der Waals surface area contributed by atoms with Crippen molar-refractivity contribution in [3.8, 4) is 0 Å². The molecule has 1 aromatic carbocycles. The van der Waals surface area contributed by atoms with E-state index in [0.717, 1.165) is 30.2 Å². The van der Waals surface area contributed by atoms with Crippen LogP contribution in [0, 0.1) is 11.8 Å². The summed E-state index contributed by atoms with van der Waals surface area (Å²) in [5.41, 5.74) is 0.530. The highest BCUT2D eigenvalue weighted by Crippen LogP contribution is 2.52. The summed E-state index contributed by atoms with van der Waals surface area (Å²) >= 11 is 3.46. The van der Waals surface area contributed by atoms with Crippen molar-refractivity contribution in [2.75, 3.05) is 6.61 Å². The Morgan fingerprint density at radius 3 is 2.63 bits per heavy atom. The molecule has 4 heterocycles. The number of halogens is 1. The molecule has 0 aromatic heterocycles. The van der Waals surface area contributed by atoms with Crippen LogP contribution in [-0.2, 0) is 23.7 Å². The minimum atomic E-state index is -0.784. The number of fused-ring (bicyclic) bond motifs is 7. The van der Waals surface area contributed by atoms with Crippen molar-refractivity contribution in [3.05, 3.63) is 47.0 Å². The Bertz CT molecular complexity index is 973. The normalized spacial score (nSPS) is 38.6. The van der Waals surface area contributed by atoms with Crippen LogP contribution in [-0.4, -0.2) is 66.2 Å². The monoisotopic (exact) mass is 592 g/mol. The minimum Gasteiger partial charge on any atom is -0.458 e. The Morgan fingerprint density at radius 1 is 1.16 bits per heavy atom. The van der Waals surface area contributed by atoms with Crippen molar-refractivity contribution in [1.82, 2.24) is 0 Å². The second kappa shape index (κ2) is 12.1. The number of hydrogen-bond acceptors (Lipinski definition) is 7. The summed E-state index contributed by atoms with van der Waals surface area (Å²) < 4.78 is 33.7. The zero-order valence-electron chi connectivity index (χ0n) is 22.4. The van der Waals surface area contributed by atoms with Crippen LogP contribution >= 0.6 is 15.9 Å². The minimum absolute atomic E-state index is 0.0189. The lowest BCUT2D eigenvalue weighted by atomic mass is 9.76. The Kier molecular flexibility index (Phi) is 8.97. The maximum atomic E-state index is 12.8. The number of carbonyl (C=O) groups excluding carboxylic acids is 1. The highest BCUT2D eigenvalue weighted by molar-refractivity contribution is 9.11. The predicted molar refractivity (Wildman–Crippen MR) is 146 cm³/mol. The summed E-state index contributed by atoms with van der Waals surface area (Å²) in [7, 11) is 0. The molecule has 0 saturated carbocycles. The molecule has 4 aliphatic heterocycles. The Balaban J connectivity index is 1.34. The molecule has 1 aromatic rings.